The summed E-state index contributed by atoms with van der Waals surface area (Å²) in [6, 6.07) is 1.43. The molecule has 1 aromatic rings. The number of pyridine rings is 1. The van der Waals surface area contributed by atoms with Crippen LogP contribution in [0.5, 0.6) is 0 Å². The minimum absolute atomic E-state index is 0.0977. The molecule has 118 valence electrons. The number of halogens is 1. The fourth-order valence-corrected chi connectivity index (χ4v) is 3.75. The average molecular weight is 333 g/mol. The zero-order valence-electron chi connectivity index (χ0n) is 12.3. The predicted octanol–water partition coefficient (Wildman–Crippen LogP) is 1.40. The smallest absolute Gasteiger partial charge is 0.242 e. The molecule has 2 heterocycles. The molecule has 0 bridgehead atoms. The van der Waals surface area contributed by atoms with Crippen molar-refractivity contribution in [3.8, 4) is 0 Å². The molecule has 0 amide bonds. The number of aromatic nitrogens is 1. The Morgan fingerprint density at radius 1 is 1.52 bits per heavy atom. The Morgan fingerprint density at radius 2 is 2.29 bits per heavy atom. The van der Waals surface area contributed by atoms with Crippen LogP contribution in [0.15, 0.2) is 17.2 Å². The third-order valence-corrected chi connectivity index (χ3v) is 5.20. The van der Waals surface area contributed by atoms with Gasteiger partial charge in [-0.15, -0.1) is 0 Å². The largest absolute Gasteiger partial charge is 0.369 e. The lowest BCUT2D eigenvalue weighted by atomic mass is 10.1. The van der Waals surface area contributed by atoms with Crippen LogP contribution < -0.4 is 10.0 Å². The standard InChI is InChI=1S/C13H21ClN4O2S/c1-3-15-13-12(14)6-11(8-16-13)21(19,20)17-7-10-4-5-18(2)9-10/h6,8,10,17H,3-5,7,9H2,1-2H3,(H,15,16). The molecule has 1 atom stereocenters. The fraction of sp³-hybridized carbons (Fsp3) is 0.615. The van der Waals surface area contributed by atoms with Gasteiger partial charge in [0.2, 0.25) is 10.0 Å². The SMILES string of the molecule is CCNc1ncc(S(=O)(=O)NCC2CCN(C)C2)cc1Cl. The summed E-state index contributed by atoms with van der Waals surface area (Å²) in [5, 5.41) is 3.28. The van der Waals surface area contributed by atoms with Gasteiger partial charge in [0.05, 0.1) is 5.02 Å². The fourth-order valence-electron chi connectivity index (χ4n) is 2.37. The van der Waals surface area contributed by atoms with Crippen molar-refractivity contribution < 1.29 is 8.42 Å². The lowest BCUT2D eigenvalue weighted by Crippen LogP contribution is -2.30. The zero-order chi connectivity index (χ0) is 15.5. The molecular weight excluding hydrogens is 312 g/mol. The lowest BCUT2D eigenvalue weighted by Gasteiger charge is -2.13. The van der Waals surface area contributed by atoms with Gasteiger partial charge in [-0.2, -0.15) is 0 Å². The van der Waals surface area contributed by atoms with E-state index in [9.17, 15) is 8.42 Å². The van der Waals surface area contributed by atoms with Crippen LogP contribution >= 0.6 is 11.6 Å². The van der Waals surface area contributed by atoms with Crippen molar-refractivity contribution in [2.75, 3.05) is 38.5 Å². The van der Waals surface area contributed by atoms with Gasteiger partial charge >= 0.3 is 0 Å². The maximum Gasteiger partial charge on any atom is 0.242 e. The van der Waals surface area contributed by atoms with E-state index in [4.69, 9.17) is 11.6 Å². The first-order chi connectivity index (χ1) is 9.92. The van der Waals surface area contributed by atoms with Gasteiger partial charge in [0.25, 0.3) is 0 Å². The average Bonchev–Trinajstić information content (AvgIpc) is 2.85. The number of rotatable bonds is 6. The van der Waals surface area contributed by atoms with Crippen LogP contribution in [0.4, 0.5) is 5.82 Å². The quantitative estimate of drug-likeness (QED) is 0.823. The van der Waals surface area contributed by atoms with Gasteiger partial charge in [-0.3, -0.25) is 0 Å². The monoisotopic (exact) mass is 332 g/mol. The summed E-state index contributed by atoms with van der Waals surface area (Å²) in [5.74, 6) is 0.852. The van der Waals surface area contributed by atoms with Gasteiger partial charge < -0.3 is 10.2 Å². The van der Waals surface area contributed by atoms with E-state index in [1.165, 1.54) is 12.3 Å². The number of nitrogens with zero attached hydrogens (tertiary/aromatic N) is 2. The third-order valence-electron chi connectivity index (χ3n) is 3.52. The van der Waals surface area contributed by atoms with Crippen LogP contribution in [0.1, 0.15) is 13.3 Å². The highest BCUT2D eigenvalue weighted by atomic mass is 35.5. The van der Waals surface area contributed by atoms with Crippen LogP contribution in [0.3, 0.4) is 0 Å². The highest BCUT2D eigenvalue weighted by Gasteiger charge is 2.23. The van der Waals surface area contributed by atoms with E-state index in [0.717, 1.165) is 19.5 Å². The molecule has 6 nitrogen and oxygen atoms in total. The summed E-state index contributed by atoms with van der Waals surface area (Å²) < 4.78 is 27.1. The Morgan fingerprint density at radius 3 is 2.86 bits per heavy atom. The maximum atomic E-state index is 12.2. The van der Waals surface area contributed by atoms with E-state index in [1.807, 2.05) is 14.0 Å². The molecule has 1 aliphatic rings. The summed E-state index contributed by atoms with van der Waals surface area (Å²) in [7, 11) is -1.52. The van der Waals surface area contributed by atoms with Crippen molar-refractivity contribution in [2.24, 2.45) is 5.92 Å². The first-order valence-corrected chi connectivity index (χ1v) is 8.86. The number of anilines is 1. The molecule has 21 heavy (non-hydrogen) atoms. The summed E-state index contributed by atoms with van der Waals surface area (Å²) >= 11 is 6.04. The number of sulfonamides is 1. The molecule has 8 heteroatoms. The minimum Gasteiger partial charge on any atom is -0.369 e. The topological polar surface area (TPSA) is 74.3 Å². The van der Waals surface area contributed by atoms with Crippen LogP contribution in [-0.4, -0.2) is 51.5 Å². The second kappa shape index (κ2) is 6.91. The lowest BCUT2D eigenvalue weighted by molar-refractivity contribution is 0.394. The molecule has 2 rings (SSSR count). The van der Waals surface area contributed by atoms with E-state index < -0.39 is 10.0 Å². The molecule has 1 saturated heterocycles. The Labute approximate surface area is 130 Å². The van der Waals surface area contributed by atoms with Crippen molar-refractivity contribution in [3.05, 3.63) is 17.3 Å². The molecule has 1 aliphatic heterocycles. The van der Waals surface area contributed by atoms with Crippen molar-refractivity contribution in [1.82, 2.24) is 14.6 Å². The van der Waals surface area contributed by atoms with Crippen molar-refractivity contribution >= 4 is 27.4 Å². The molecule has 1 fully saturated rings. The molecule has 0 radical (unpaired) electrons. The summed E-state index contributed by atoms with van der Waals surface area (Å²) in [5.41, 5.74) is 0. The van der Waals surface area contributed by atoms with Gasteiger partial charge in [-0.05, 0) is 38.9 Å². The van der Waals surface area contributed by atoms with E-state index in [-0.39, 0.29) is 4.90 Å². The molecule has 0 spiro atoms. The molecule has 1 aromatic heterocycles. The first kappa shape index (κ1) is 16.5. The van der Waals surface area contributed by atoms with Crippen LogP contribution in [-0.2, 0) is 10.0 Å². The third kappa shape index (κ3) is 4.29. The van der Waals surface area contributed by atoms with E-state index in [1.54, 1.807) is 0 Å². The van der Waals surface area contributed by atoms with Gasteiger partial charge in [0, 0.05) is 25.8 Å². The highest BCUT2D eigenvalue weighted by Crippen LogP contribution is 2.22. The molecule has 0 aliphatic carbocycles. The van der Waals surface area contributed by atoms with Gasteiger partial charge in [0.1, 0.15) is 10.7 Å². The number of hydrogen-bond acceptors (Lipinski definition) is 5. The second-order valence-corrected chi connectivity index (χ2v) is 7.47. The van der Waals surface area contributed by atoms with E-state index in [2.05, 4.69) is 19.9 Å². The van der Waals surface area contributed by atoms with Crippen LogP contribution in [0, 0.1) is 5.92 Å². The van der Waals surface area contributed by atoms with Gasteiger partial charge in [-0.1, -0.05) is 11.6 Å². The zero-order valence-corrected chi connectivity index (χ0v) is 13.8. The summed E-state index contributed by atoms with van der Waals surface area (Å²) in [6.07, 6.45) is 2.34. The van der Waals surface area contributed by atoms with Gasteiger partial charge in [-0.25, -0.2) is 18.1 Å². The van der Waals surface area contributed by atoms with E-state index >= 15 is 0 Å². The highest BCUT2D eigenvalue weighted by molar-refractivity contribution is 7.89. The van der Waals surface area contributed by atoms with E-state index in [0.29, 0.717) is 29.8 Å². The Kier molecular flexibility index (Phi) is 5.43. The number of likely N-dealkylation sites (tertiary alicyclic amines) is 1. The maximum absolute atomic E-state index is 12.2. The Balaban J connectivity index is 2.03. The first-order valence-electron chi connectivity index (χ1n) is 7.00. The normalized spacial score (nSPS) is 19.9. The molecule has 0 saturated carbocycles. The van der Waals surface area contributed by atoms with Gasteiger partial charge in [0.15, 0.2) is 0 Å². The molecule has 2 N–H and O–H groups in total. The minimum atomic E-state index is -3.56. The summed E-state index contributed by atoms with van der Waals surface area (Å²) in [4.78, 5) is 6.35. The molecule has 1 unspecified atom stereocenters. The van der Waals surface area contributed by atoms with Crippen molar-refractivity contribution in [1.29, 1.82) is 0 Å². The predicted molar refractivity (Wildman–Crippen MR) is 84.2 cm³/mol. The van der Waals surface area contributed by atoms with Crippen molar-refractivity contribution in [3.63, 3.8) is 0 Å². The molecule has 0 aromatic carbocycles. The van der Waals surface area contributed by atoms with Crippen LogP contribution in [0.25, 0.3) is 0 Å². The Bertz CT molecular complexity index is 594. The number of nitrogens with one attached hydrogen (secondary N) is 2. The number of hydrogen-bond donors (Lipinski definition) is 2. The van der Waals surface area contributed by atoms with Crippen LogP contribution in [0.2, 0.25) is 5.02 Å². The second-order valence-electron chi connectivity index (χ2n) is 5.30. The molecular formula is C13H21ClN4O2S. The summed E-state index contributed by atoms with van der Waals surface area (Å²) in [6.45, 7) is 4.96. The van der Waals surface area contributed by atoms with Crippen molar-refractivity contribution in [2.45, 2.75) is 18.2 Å². The Hall–Kier alpha value is -0.890.